The van der Waals surface area contributed by atoms with Crippen LogP contribution in [0.4, 0.5) is 0 Å². The maximum absolute atomic E-state index is 6.50. The third-order valence-corrected chi connectivity index (χ3v) is 5.70. The molecular weight excluding hydrogens is 330 g/mol. The van der Waals surface area contributed by atoms with Gasteiger partial charge in [-0.3, -0.25) is 4.84 Å². The summed E-state index contributed by atoms with van der Waals surface area (Å²) in [5.41, 5.74) is 0.788. The van der Waals surface area contributed by atoms with Crippen molar-refractivity contribution in [3.63, 3.8) is 0 Å². The van der Waals surface area contributed by atoms with Gasteiger partial charge in [0.25, 0.3) is 0 Å². The molecule has 1 aromatic carbocycles. The van der Waals surface area contributed by atoms with Crippen LogP contribution in [0.2, 0.25) is 0 Å². The van der Waals surface area contributed by atoms with Gasteiger partial charge in [-0.2, -0.15) is 0 Å². The highest BCUT2D eigenvalue weighted by molar-refractivity contribution is 5.28. The Morgan fingerprint density at radius 3 is 2.50 bits per heavy atom. The monoisotopic (exact) mass is 361 g/mol. The van der Waals surface area contributed by atoms with Gasteiger partial charge in [0.05, 0.1) is 18.8 Å². The number of nitrogens with zero attached hydrogens (tertiary/aromatic N) is 1. The van der Waals surface area contributed by atoms with Crippen LogP contribution in [0.25, 0.3) is 0 Å². The molecule has 26 heavy (non-hydrogen) atoms. The van der Waals surface area contributed by atoms with E-state index in [0.717, 1.165) is 37.4 Å². The molecule has 0 N–H and O–H groups in total. The number of hydroxylamine groups is 2. The molecule has 1 aromatic rings. The summed E-state index contributed by atoms with van der Waals surface area (Å²) >= 11 is 0. The molecule has 144 valence electrons. The van der Waals surface area contributed by atoms with Crippen molar-refractivity contribution in [3.05, 3.63) is 29.8 Å². The maximum Gasteiger partial charge on any atom is 0.144 e. The van der Waals surface area contributed by atoms with Crippen molar-refractivity contribution in [2.75, 3.05) is 19.8 Å². The van der Waals surface area contributed by atoms with Crippen molar-refractivity contribution in [1.29, 1.82) is 0 Å². The number of hydrogen-bond acceptors (Lipinski definition) is 5. The first-order chi connectivity index (χ1) is 12.5. The Hall–Kier alpha value is -1.14. The summed E-state index contributed by atoms with van der Waals surface area (Å²) < 4.78 is 17.2. The first-order valence-corrected chi connectivity index (χ1v) is 9.94. The summed E-state index contributed by atoms with van der Waals surface area (Å²) in [4.78, 5) is 6.50. The Kier molecular flexibility index (Phi) is 4.99. The summed E-state index contributed by atoms with van der Waals surface area (Å²) in [6, 6.07) is 8.20. The first kappa shape index (κ1) is 18.2. The number of rotatable bonds is 6. The predicted molar refractivity (Wildman–Crippen MR) is 98.9 cm³/mol. The Labute approximate surface area is 156 Å². The normalized spacial score (nSPS) is 28.2. The van der Waals surface area contributed by atoms with Crippen molar-refractivity contribution in [2.45, 2.75) is 76.3 Å². The summed E-state index contributed by atoms with van der Waals surface area (Å²) in [6.07, 6.45) is 6.07. The van der Waals surface area contributed by atoms with Crippen LogP contribution in [0.1, 0.15) is 64.5 Å². The molecule has 0 bridgehead atoms. The van der Waals surface area contributed by atoms with E-state index in [1.165, 1.54) is 19.3 Å². The van der Waals surface area contributed by atoms with Gasteiger partial charge in [-0.05, 0) is 64.2 Å². The largest absolute Gasteiger partial charge is 0.491 e. The summed E-state index contributed by atoms with van der Waals surface area (Å²) in [7, 11) is 0. The van der Waals surface area contributed by atoms with Crippen molar-refractivity contribution in [2.24, 2.45) is 0 Å². The van der Waals surface area contributed by atoms with Gasteiger partial charge in [-0.1, -0.05) is 18.6 Å². The van der Waals surface area contributed by atoms with E-state index < -0.39 is 0 Å². The van der Waals surface area contributed by atoms with E-state index in [-0.39, 0.29) is 23.5 Å². The minimum absolute atomic E-state index is 0.0319. The zero-order valence-corrected chi connectivity index (χ0v) is 16.2. The zero-order chi connectivity index (χ0) is 18.2. The molecule has 1 spiro atoms. The SMILES string of the molecule is CC(ON1C(C)(C)COC12CCCCC2)c1ccc(OCC2CO2)cc1. The van der Waals surface area contributed by atoms with Gasteiger partial charge in [-0.15, -0.1) is 5.06 Å². The van der Waals surface area contributed by atoms with Crippen LogP contribution in [0.3, 0.4) is 0 Å². The molecule has 3 aliphatic rings. The molecule has 1 saturated carbocycles. The van der Waals surface area contributed by atoms with Gasteiger partial charge in [0.2, 0.25) is 0 Å². The Morgan fingerprint density at radius 1 is 1.15 bits per heavy atom. The van der Waals surface area contributed by atoms with E-state index in [1.807, 2.05) is 12.1 Å². The van der Waals surface area contributed by atoms with Crippen molar-refractivity contribution in [1.82, 2.24) is 5.06 Å². The van der Waals surface area contributed by atoms with Crippen LogP contribution >= 0.6 is 0 Å². The molecule has 5 heteroatoms. The van der Waals surface area contributed by atoms with Crippen LogP contribution in [0.15, 0.2) is 24.3 Å². The van der Waals surface area contributed by atoms with E-state index in [1.54, 1.807) is 0 Å². The average Bonchev–Trinajstić information content (AvgIpc) is 3.45. The summed E-state index contributed by atoms with van der Waals surface area (Å²) in [5.74, 6) is 0.880. The number of benzene rings is 1. The average molecular weight is 361 g/mol. The first-order valence-electron chi connectivity index (χ1n) is 9.94. The zero-order valence-electron chi connectivity index (χ0n) is 16.2. The van der Waals surface area contributed by atoms with Crippen molar-refractivity contribution < 1.29 is 19.0 Å². The fourth-order valence-electron chi connectivity index (χ4n) is 4.08. The number of hydrogen-bond donors (Lipinski definition) is 0. The molecular formula is C21H31NO4. The Morgan fingerprint density at radius 2 is 1.85 bits per heavy atom. The molecule has 0 amide bonds. The van der Waals surface area contributed by atoms with Crippen LogP contribution in [-0.2, 0) is 14.3 Å². The second-order valence-corrected chi connectivity index (χ2v) is 8.49. The van der Waals surface area contributed by atoms with E-state index in [0.29, 0.717) is 6.61 Å². The molecule has 5 nitrogen and oxygen atoms in total. The van der Waals surface area contributed by atoms with Gasteiger partial charge in [0, 0.05) is 0 Å². The molecule has 4 rings (SSSR count). The highest BCUT2D eigenvalue weighted by Gasteiger charge is 2.53. The minimum Gasteiger partial charge on any atom is -0.491 e. The van der Waals surface area contributed by atoms with Gasteiger partial charge < -0.3 is 14.2 Å². The van der Waals surface area contributed by atoms with Crippen LogP contribution in [0, 0.1) is 0 Å². The highest BCUT2D eigenvalue weighted by atomic mass is 16.7. The number of epoxide rings is 1. The highest BCUT2D eigenvalue weighted by Crippen LogP contribution is 2.45. The summed E-state index contributed by atoms with van der Waals surface area (Å²) in [6.45, 7) is 8.69. The van der Waals surface area contributed by atoms with Gasteiger partial charge >= 0.3 is 0 Å². The molecule has 2 saturated heterocycles. The van der Waals surface area contributed by atoms with E-state index >= 15 is 0 Å². The Bertz CT molecular complexity index is 605. The molecule has 2 unspecified atom stereocenters. The van der Waals surface area contributed by atoms with E-state index in [2.05, 4.69) is 38.0 Å². The molecule has 0 radical (unpaired) electrons. The van der Waals surface area contributed by atoms with Gasteiger partial charge in [0.15, 0.2) is 0 Å². The molecule has 1 aliphatic carbocycles. The fraction of sp³-hybridized carbons (Fsp3) is 0.714. The van der Waals surface area contributed by atoms with E-state index in [9.17, 15) is 0 Å². The molecule has 2 heterocycles. The fourth-order valence-corrected chi connectivity index (χ4v) is 4.08. The lowest BCUT2D eigenvalue weighted by Gasteiger charge is -2.44. The molecule has 2 aliphatic heterocycles. The predicted octanol–water partition coefficient (Wildman–Crippen LogP) is 4.23. The molecule has 3 fully saturated rings. The van der Waals surface area contributed by atoms with Crippen molar-refractivity contribution >= 4 is 0 Å². The summed E-state index contributed by atoms with van der Waals surface area (Å²) in [5, 5.41) is 2.17. The minimum atomic E-state index is -0.247. The second kappa shape index (κ2) is 7.12. The number of ether oxygens (including phenoxy) is 3. The maximum atomic E-state index is 6.50. The van der Waals surface area contributed by atoms with E-state index in [4.69, 9.17) is 19.0 Å². The topological polar surface area (TPSA) is 43.5 Å². The standard InChI is InChI=1S/C21H31NO4/c1-16(17-7-9-18(10-8-17)23-13-19-14-24-19)26-22-20(2,3)15-25-21(22)11-5-4-6-12-21/h7-10,16,19H,4-6,11-15H2,1-3H3. The van der Waals surface area contributed by atoms with Gasteiger partial charge in [0.1, 0.15) is 30.3 Å². The third-order valence-electron chi connectivity index (χ3n) is 5.70. The quantitative estimate of drug-likeness (QED) is 0.710. The van der Waals surface area contributed by atoms with Crippen LogP contribution in [0.5, 0.6) is 5.75 Å². The van der Waals surface area contributed by atoms with Crippen molar-refractivity contribution in [3.8, 4) is 5.75 Å². The lowest BCUT2D eigenvalue weighted by atomic mass is 9.90. The van der Waals surface area contributed by atoms with Crippen LogP contribution < -0.4 is 4.74 Å². The third kappa shape index (κ3) is 3.77. The lowest BCUT2D eigenvalue weighted by Crippen LogP contribution is -2.53. The lowest BCUT2D eigenvalue weighted by molar-refractivity contribution is -0.313. The molecule has 0 aromatic heterocycles. The Balaban J connectivity index is 1.42. The smallest absolute Gasteiger partial charge is 0.144 e. The van der Waals surface area contributed by atoms with Gasteiger partial charge in [-0.25, -0.2) is 0 Å². The van der Waals surface area contributed by atoms with Crippen LogP contribution in [-0.4, -0.2) is 42.3 Å². The molecule has 2 atom stereocenters. The second-order valence-electron chi connectivity index (χ2n) is 8.49.